The Balaban J connectivity index is 1.59. The first-order valence-corrected chi connectivity index (χ1v) is 9.98. The summed E-state index contributed by atoms with van der Waals surface area (Å²) in [4.78, 5) is 41.0. The van der Waals surface area contributed by atoms with E-state index in [9.17, 15) is 18.8 Å². The van der Waals surface area contributed by atoms with Crippen molar-refractivity contribution < 1.29 is 14.0 Å². The van der Waals surface area contributed by atoms with Crippen LogP contribution in [0.15, 0.2) is 59.5 Å². The smallest absolute Gasteiger partial charge is 0.274 e. The van der Waals surface area contributed by atoms with Crippen LogP contribution in [0.1, 0.15) is 25.0 Å². The van der Waals surface area contributed by atoms with Crippen molar-refractivity contribution in [3.8, 4) is 0 Å². The molecule has 0 saturated carbocycles. The highest BCUT2D eigenvalue weighted by atomic mass is 19.1. The van der Waals surface area contributed by atoms with Crippen molar-refractivity contribution in [3.63, 3.8) is 0 Å². The number of carbonyl (C=O) groups excluding carboxylic acids is 2. The normalized spacial score (nSPS) is 11.2. The number of hydrogen-bond donors (Lipinski definition) is 2. The maximum absolute atomic E-state index is 13.4. The summed E-state index contributed by atoms with van der Waals surface area (Å²) in [5.74, 6) is -0.683. The first-order chi connectivity index (χ1) is 14.8. The van der Waals surface area contributed by atoms with Gasteiger partial charge in [0.15, 0.2) is 0 Å². The molecule has 0 bridgehead atoms. The minimum absolute atomic E-state index is 0.102. The molecule has 2 heterocycles. The van der Waals surface area contributed by atoms with Gasteiger partial charge in [-0.05, 0) is 55.3 Å². The van der Waals surface area contributed by atoms with E-state index >= 15 is 0 Å². The van der Waals surface area contributed by atoms with E-state index in [1.165, 1.54) is 27.7 Å². The molecular formula is C23H25FN4O3. The van der Waals surface area contributed by atoms with Gasteiger partial charge in [0.2, 0.25) is 11.8 Å². The molecule has 2 aromatic heterocycles. The van der Waals surface area contributed by atoms with E-state index < -0.39 is 0 Å². The number of fused-ring (bicyclic) bond motifs is 1. The summed E-state index contributed by atoms with van der Waals surface area (Å²) in [6.07, 6.45) is 6.24. The van der Waals surface area contributed by atoms with E-state index in [1.54, 1.807) is 50.6 Å². The number of anilines is 1. The molecule has 0 spiro atoms. The zero-order chi connectivity index (χ0) is 22.4. The lowest BCUT2D eigenvalue weighted by molar-refractivity contribution is -0.123. The molecular weight excluding hydrogens is 399 g/mol. The Bertz CT molecular complexity index is 1180. The van der Waals surface area contributed by atoms with Gasteiger partial charge in [-0.1, -0.05) is 6.08 Å². The lowest BCUT2D eigenvalue weighted by Gasteiger charge is -2.08. The topological polar surface area (TPSA) is 87.2 Å². The summed E-state index contributed by atoms with van der Waals surface area (Å²) in [5.41, 5.74) is 1.42. The van der Waals surface area contributed by atoms with Gasteiger partial charge in [0.25, 0.3) is 5.56 Å². The number of benzene rings is 1. The van der Waals surface area contributed by atoms with Gasteiger partial charge in [-0.2, -0.15) is 0 Å². The van der Waals surface area contributed by atoms with Crippen LogP contribution in [0.25, 0.3) is 10.9 Å². The Morgan fingerprint density at radius 3 is 2.81 bits per heavy atom. The number of allylic oxidation sites excluding steroid dienone is 1. The van der Waals surface area contributed by atoms with Crippen molar-refractivity contribution >= 4 is 28.4 Å². The Morgan fingerprint density at radius 2 is 2.03 bits per heavy atom. The van der Waals surface area contributed by atoms with E-state index in [1.807, 2.05) is 0 Å². The number of amides is 2. The number of H-pyrrole nitrogens is 1. The molecule has 2 amide bonds. The van der Waals surface area contributed by atoms with Gasteiger partial charge in [0.05, 0.1) is 6.54 Å². The number of pyridine rings is 1. The minimum Gasteiger partial charge on any atom is -0.357 e. The fourth-order valence-electron chi connectivity index (χ4n) is 3.12. The number of nitrogens with one attached hydrogen (secondary N) is 2. The van der Waals surface area contributed by atoms with Crippen molar-refractivity contribution in [2.75, 3.05) is 19.4 Å². The van der Waals surface area contributed by atoms with Crippen LogP contribution in [0.2, 0.25) is 0 Å². The number of halogens is 1. The molecule has 0 aliphatic heterocycles. The van der Waals surface area contributed by atoms with Crippen LogP contribution in [0.3, 0.4) is 0 Å². The lowest BCUT2D eigenvalue weighted by Crippen LogP contribution is -2.25. The second-order valence-electron chi connectivity index (χ2n) is 7.46. The summed E-state index contributed by atoms with van der Waals surface area (Å²) in [6.45, 7) is 0.267. The second kappa shape index (κ2) is 9.88. The Morgan fingerprint density at radius 1 is 1.23 bits per heavy atom. The highest BCUT2D eigenvalue weighted by Gasteiger charge is 2.09. The monoisotopic (exact) mass is 424 g/mol. The zero-order valence-electron chi connectivity index (χ0n) is 17.5. The van der Waals surface area contributed by atoms with Gasteiger partial charge in [0, 0.05) is 43.3 Å². The van der Waals surface area contributed by atoms with Gasteiger partial charge in [-0.15, -0.1) is 0 Å². The third kappa shape index (κ3) is 5.91. The van der Waals surface area contributed by atoms with Crippen molar-refractivity contribution in [2.24, 2.45) is 0 Å². The second-order valence-corrected chi connectivity index (χ2v) is 7.46. The SMILES string of the molecule is CN(C)C(=O)/C=C/CCCC(=O)Nc1cccn(Cc2cc3cc(F)ccc3[nH]2)c1=O. The van der Waals surface area contributed by atoms with E-state index in [0.29, 0.717) is 12.8 Å². The molecule has 3 aromatic rings. The molecule has 0 radical (unpaired) electrons. The van der Waals surface area contributed by atoms with Crippen molar-refractivity contribution in [1.82, 2.24) is 14.5 Å². The van der Waals surface area contributed by atoms with Crippen LogP contribution in [0.5, 0.6) is 0 Å². The molecule has 0 aliphatic rings. The highest BCUT2D eigenvalue weighted by molar-refractivity contribution is 5.90. The molecule has 0 saturated heterocycles. The van der Waals surface area contributed by atoms with Crippen LogP contribution in [-0.2, 0) is 16.1 Å². The maximum atomic E-state index is 13.4. The quantitative estimate of drug-likeness (QED) is 0.430. The van der Waals surface area contributed by atoms with E-state index in [-0.39, 0.29) is 41.8 Å². The molecule has 7 nitrogen and oxygen atoms in total. The van der Waals surface area contributed by atoms with Crippen molar-refractivity contribution in [3.05, 3.63) is 76.6 Å². The molecule has 0 unspecified atom stereocenters. The predicted octanol–water partition coefficient (Wildman–Crippen LogP) is 3.27. The van der Waals surface area contributed by atoms with Crippen LogP contribution in [0, 0.1) is 5.82 Å². The van der Waals surface area contributed by atoms with Gasteiger partial charge in [0.1, 0.15) is 11.5 Å². The first-order valence-electron chi connectivity index (χ1n) is 9.98. The molecule has 0 aliphatic carbocycles. The van der Waals surface area contributed by atoms with Gasteiger partial charge >= 0.3 is 0 Å². The Labute approximate surface area is 179 Å². The Kier molecular flexibility index (Phi) is 7.02. The summed E-state index contributed by atoms with van der Waals surface area (Å²) in [6, 6.07) is 9.51. The number of hydrogen-bond acceptors (Lipinski definition) is 3. The van der Waals surface area contributed by atoms with Crippen LogP contribution in [-0.4, -0.2) is 40.4 Å². The molecule has 3 rings (SSSR count). The average molecular weight is 424 g/mol. The fraction of sp³-hybridized carbons (Fsp3) is 0.261. The zero-order valence-corrected chi connectivity index (χ0v) is 17.5. The average Bonchev–Trinajstić information content (AvgIpc) is 3.11. The number of unbranched alkanes of at least 4 members (excludes halogenated alkanes) is 1. The molecule has 162 valence electrons. The predicted molar refractivity (Wildman–Crippen MR) is 118 cm³/mol. The number of nitrogens with zero attached hydrogens (tertiary/aromatic N) is 2. The summed E-state index contributed by atoms with van der Waals surface area (Å²) >= 11 is 0. The summed E-state index contributed by atoms with van der Waals surface area (Å²) < 4.78 is 14.9. The third-order valence-electron chi connectivity index (χ3n) is 4.75. The van der Waals surface area contributed by atoms with Crippen molar-refractivity contribution in [1.29, 1.82) is 0 Å². The molecule has 2 N–H and O–H groups in total. The molecule has 8 heteroatoms. The number of aromatic nitrogens is 2. The lowest BCUT2D eigenvalue weighted by atomic mass is 10.2. The van der Waals surface area contributed by atoms with E-state index in [0.717, 1.165) is 16.6 Å². The molecule has 1 aromatic carbocycles. The third-order valence-corrected chi connectivity index (χ3v) is 4.75. The molecule has 31 heavy (non-hydrogen) atoms. The fourth-order valence-corrected chi connectivity index (χ4v) is 3.12. The van der Waals surface area contributed by atoms with Gasteiger partial charge in [-0.25, -0.2) is 4.39 Å². The Hall–Kier alpha value is -3.68. The summed E-state index contributed by atoms with van der Waals surface area (Å²) in [5, 5.41) is 3.39. The van der Waals surface area contributed by atoms with Crippen LogP contribution >= 0.6 is 0 Å². The highest BCUT2D eigenvalue weighted by Crippen LogP contribution is 2.17. The number of likely N-dealkylation sites (N-methyl/N-ethyl adjacent to an activating group) is 1. The van der Waals surface area contributed by atoms with E-state index in [2.05, 4.69) is 10.3 Å². The summed E-state index contributed by atoms with van der Waals surface area (Å²) in [7, 11) is 3.34. The van der Waals surface area contributed by atoms with Crippen LogP contribution < -0.4 is 10.9 Å². The largest absolute Gasteiger partial charge is 0.357 e. The molecule has 0 fully saturated rings. The standard InChI is InChI=1S/C23H25FN4O3/c1-27(2)22(30)9-5-3-4-8-21(29)26-20-7-6-12-28(23(20)31)15-18-14-16-13-17(24)10-11-19(16)25-18/h5-7,9-14,25H,3-4,8,15H2,1-2H3,(H,26,29)/b9-5+. The van der Waals surface area contributed by atoms with Gasteiger partial charge < -0.3 is 19.8 Å². The number of rotatable bonds is 8. The van der Waals surface area contributed by atoms with Crippen LogP contribution in [0.4, 0.5) is 10.1 Å². The number of aromatic amines is 1. The van der Waals surface area contributed by atoms with Crippen molar-refractivity contribution in [2.45, 2.75) is 25.8 Å². The number of carbonyl (C=O) groups is 2. The maximum Gasteiger partial charge on any atom is 0.274 e. The van der Waals surface area contributed by atoms with Gasteiger partial charge in [-0.3, -0.25) is 14.4 Å². The first kappa shape index (κ1) is 22.0. The molecule has 0 atom stereocenters. The van der Waals surface area contributed by atoms with E-state index in [4.69, 9.17) is 0 Å². The minimum atomic E-state index is -0.322.